The Labute approximate surface area is 145 Å². The van der Waals surface area contributed by atoms with Crippen LogP contribution in [0, 0.1) is 0 Å². The van der Waals surface area contributed by atoms with Crippen LogP contribution >= 0.6 is 23.1 Å². The number of hydrogen-bond donors (Lipinski definition) is 5. The smallest absolute Gasteiger partial charge is 0.259 e. The third-order valence-electron chi connectivity index (χ3n) is 3.00. The van der Waals surface area contributed by atoms with Crippen molar-refractivity contribution in [2.24, 2.45) is 5.73 Å². The molecule has 124 valence electrons. The highest BCUT2D eigenvalue weighted by atomic mass is 32.2. The molecule has 0 aliphatic rings. The van der Waals surface area contributed by atoms with E-state index < -0.39 is 6.23 Å². The number of rotatable bonds is 5. The zero-order chi connectivity index (χ0) is 17.1. The summed E-state index contributed by atoms with van der Waals surface area (Å²) in [7, 11) is 0. The molecule has 0 fully saturated rings. The van der Waals surface area contributed by atoms with E-state index in [1.165, 1.54) is 23.1 Å². The zero-order valence-corrected chi connectivity index (χ0v) is 13.9. The van der Waals surface area contributed by atoms with E-state index in [1.54, 1.807) is 29.9 Å². The molecule has 8 nitrogen and oxygen atoms in total. The van der Waals surface area contributed by atoms with Gasteiger partial charge in [0.2, 0.25) is 0 Å². The van der Waals surface area contributed by atoms with Crippen LogP contribution in [0.4, 0.5) is 10.8 Å². The van der Waals surface area contributed by atoms with Crippen LogP contribution in [0.2, 0.25) is 0 Å². The summed E-state index contributed by atoms with van der Waals surface area (Å²) in [4.78, 5) is 24.4. The number of aliphatic hydroxyl groups excluding tert-OH is 1. The number of carbonyl (C=O) groups excluding carboxylic acids is 1. The summed E-state index contributed by atoms with van der Waals surface area (Å²) in [6.07, 6.45) is 2.20. The van der Waals surface area contributed by atoms with Crippen molar-refractivity contribution >= 4 is 39.8 Å². The molecular formula is C14H14N6O2S2. The second-order valence-corrected chi connectivity index (χ2v) is 6.64. The number of imidazole rings is 1. The van der Waals surface area contributed by atoms with Crippen LogP contribution in [0.3, 0.4) is 0 Å². The van der Waals surface area contributed by atoms with Crippen molar-refractivity contribution in [1.82, 2.24) is 15.0 Å². The maximum atomic E-state index is 12.4. The average molecular weight is 362 g/mol. The number of hydrogen-bond acceptors (Lipinski definition) is 8. The minimum atomic E-state index is -1.18. The predicted octanol–water partition coefficient (Wildman–Crippen LogP) is 1.80. The average Bonchev–Trinajstić information content (AvgIpc) is 3.21. The normalized spacial score (nSPS) is 12.1. The van der Waals surface area contributed by atoms with Gasteiger partial charge in [-0.15, -0.1) is 11.3 Å². The van der Waals surface area contributed by atoms with Crippen LogP contribution < -0.4 is 16.8 Å². The number of amides is 1. The number of H-pyrrole nitrogens is 1. The molecule has 1 atom stereocenters. The van der Waals surface area contributed by atoms with Gasteiger partial charge in [0.05, 0.1) is 11.3 Å². The largest absolute Gasteiger partial charge is 0.398 e. The maximum Gasteiger partial charge on any atom is 0.259 e. The second-order valence-electron chi connectivity index (χ2n) is 4.72. The van der Waals surface area contributed by atoms with Crippen molar-refractivity contribution < 1.29 is 9.90 Å². The number of nitrogen functional groups attached to an aromatic ring is 1. The van der Waals surface area contributed by atoms with Crippen molar-refractivity contribution in [3.05, 3.63) is 47.2 Å². The van der Waals surface area contributed by atoms with Gasteiger partial charge < -0.3 is 21.6 Å². The monoisotopic (exact) mass is 362 g/mol. The van der Waals surface area contributed by atoms with Gasteiger partial charge in [-0.1, -0.05) is 11.8 Å². The Morgan fingerprint density at radius 1 is 1.46 bits per heavy atom. The molecule has 0 spiro atoms. The summed E-state index contributed by atoms with van der Waals surface area (Å²) in [5.41, 5.74) is 12.2. The molecule has 1 aromatic carbocycles. The molecule has 24 heavy (non-hydrogen) atoms. The van der Waals surface area contributed by atoms with E-state index in [-0.39, 0.29) is 5.91 Å². The van der Waals surface area contributed by atoms with Crippen molar-refractivity contribution in [2.45, 2.75) is 16.3 Å². The summed E-state index contributed by atoms with van der Waals surface area (Å²) in [5.74, 6) is -0.387. The molecular weight excluding hydrogens is 348 g/mol. The summed E-state index contributed by atoms with van der Waals surface area (Å²) < 4.78 is 0. The number of nitrogens with zero attached hydrogens (tertiary/aromatic N) is 2. The molecule has 0 aliphatic carbocycles. The Hall–Kier alpha value is -2.40. The molecule has 0 saturated heterocycles. The molecule has 1 unspecified atom stereocenters. The van der Waals surface area contributed by atoms with E-state index >= 15 is 0 Å². The molecule has 2 aromatic heterocycles. The van der Waals surface area contributed by atoms with Gasteiger partial charge >= 0.3 is 0 Å². The lowest BCUT2D eigenvalue weighted by atomic mass is 10.1. The van der Waals surface area contributed by atoms with Crippen molar-refractivity contribution in [3.63, 3.8) is 0 Å². The topological polar surface area (TPSA) is 143 Å². The number of thiazole rings is 1. The maximum absolute atomic E-state index is 12.4. The molecule has 1 amide bonds. The van der Waals surface area contributed by atoms with E-state index in [1.807, 2.05) is 6.07 Å². The quantitative estimate of drug-likeness (QED) is 0.344. The molecule has 0 aliphatic heterocycles. The summed E-state index contributed by atoms with van der Waals surface area (Å²) in [6, 6.07) is 5.16. The van der Waals surface area contributed by atoms with Gasteiger partial charge in [-0.25, -0.2) is 9.97 Å². The van der Waals surface area contributed by atoms with E-state index in [0.717, 1.165) is 4.90 Å². The highest BCUT2D eigenvalue weighted by Crippen LogP contribution is 2.28. The van der Waals surface area contributed by atoms with E-state index in [4.69, 9.17) is 11.5 Å². The van der Waals surface area contributed by atoms with Gasteiger partial charge in [0.25, 0.3) is 5.91 Å². The van der Waals surface area contributed by atoms with Gasteiger partial charge in [-0.2, -0.15) is 0 Å². The Bertz CT molecular complexity index is 847. The third-order valence-corrected chi connectivity index (χ3v) is 4.68. The van der Waals surface area contributed by atoms with Gasteiger partial charge in [0.15, 0.2) is 10.3 Å². The number of benzene rings is 1. The fraction of sp³-hybridized carbons (Fsp3) is 0.0714. The van der Waals surface area contributed by atoms with Crippen LogP contribution in [-0.2, 0) is 0 Å². The second kappa shape index (κ2) is 7.01. The van der Waals surface area contributed by atoms with Crippen molar-refractivity contribution in [2.75, 3.05) is 11.1 Å². The predicted molar refractivity (Wildman–Crippen MR) is 92.8 cm³/mol. The van der Waals surface area contributed by atoms with Crippen LogP contribution in [0.1, 0.15) is 22.3 Å². The highest BCUT2D eigenvalue weighted by Gasteiger charge is 2.15. The Balaban J connectivity index is 1.78. The fourth-order valence-electron chi connectivity index (χ4n) is 1.86. The number of carbonyl (C=O) groups is 1. The fourth-order valence-corrected chi connectivity index (χ4v) is 3.37. The Morgan fingerprint density at radius 2 is 2.29 bits per heavy atom. The van der Waals surface area contributed by atoms with Crippen LogP contribution in [0.15, 0.2) is 46.0 Å². The standard InChI is InChI=1S/C14H14N6O2S2/c15-9-2-1-7(24-13-17-3-4-18-13)5-8(9)12(22)20-14-19-10(6-23-14)11(16)21/h1-6,11,21H,15-16H2,(H,17,18)(H,19,20,22). The molecule has 2 heterocycles. The first-order valence-corrected chi connectivity index (χ1v) is 8.49. The van der Waals surface area contributed by atoms with Gasteiger partial charge in [-0.3, -0.25) is 10.1 Å². The molecule has 3 aromatic rings. The number of nitrogens with one attached hydrogen (secondary N) is 2. The molecule has 7 N–H and O–H groups in total. The van der Waals surface area contributed by atoms with Gasteiger partial charge in [-0.05, 0) is 18.2 Å². The van der Waals surface area contributed by atoms with Gasteiger partial charge in [0.1, 0.15) is 6.23 Å². The number of aromatic nitrogens is 3. The minimum absolute atomic E-state index is 0.297. The minimum Gasteiger partial charge on any atom is -0.398 e. The van der Waals surface area contributed by atoms with Crippen LogP contribution in [0.5, 0.6) is 0 Å². The number of nitrogens with two attached hydrogens (primary N) is 2. The Kier molecular flexibility index (Phi) is 4.81. The number of aromatic amines is 1. The summed E-state index contributed by atoms with van der Waals surface area (Å²) in [5, 5.41) is 14.5. The molecule has 0 radical (unpaired) electrons. The third kappa shape index (κ3) is 3.74. The lowest BCUT2D eigenvalue weighted by Gasteiger charge is -2.07. The van der Waals surface area contributed by atoms with Crippen molar-refractivity contribution in [3.8, 4) is 0 Å². The first-order valence-electron chi connectivity index (χ1n) is 6.80. The van der Waals surface area contributed by atoms with E-state index in [9.17, 15) is 9.90 Å². The SMILES string of the molecule is Nc1ccc(Sc2ncc[nH]2)cc1C(=O)Nc1nc(C(N)O)cs1. The first kappa shape index (κ1) is 16.5. The number of anilines is 2. The lowest BCUT2D eigenvalue weighted by Crippen LogP contribution is -2.14. The van der Waals surface area contributed by atoms with Crippen LogP contribution in [-0.4, -0.2) is 26.0 Å². The number of aliphatic hydroxyl groups is 1. The Morgan fingerprint density at radius 3 is 2.96 bits per heavy atom. The van der Waals surface area contributed by atoms with E-state index in [2.05, 4.69) is 20.3 Å². The van der Waals surface area contributed by atoms with E-state index in [0.29, 0.717) is 27.2 Å². The summed E-state index contributed by atoms with van der Waals surface area (Å²) in [6.45, 7) is 0. The van der Waals surface area contributed by atoms with Crippen molar-refractivity contribution in [1.29, 1.82) is 0 Å². The molecule has 0 bridgehead atoms. The molecule has 0 saturated carbocycles. The summed E-state index contributed by atoms with van der Waals surface area (Å²) >= 11 is 2.55. The zero-order valence-electron chi connectivity index (χ0n) is 12.3. The van der Waals surface area contributed by atoms with Crippen LogP contribution in [0.25, 0.3) is 0 Å². The molecule has 3 rings (SSSR count). The lowest BCUT2D eigenvalue weighted by molar-refractivity contribution is 0.102. The van der Waals surface area contributed by atoms with Gasteiger partial charge in [0, 0.05) is 28.4 Å². The molecule has 10 heteroatoms. The highest BCUT2D eigenvalue weighted by molar-refractivity contribution is 7.99. The first-order chi connectivity index (χ1) is 11.5.